The molecule has 10 heavy (non-hydrogen) atoms. The second-order valence-electron chi connectivity index (χ2n) is 2.29. The summed E-state index contributed by atoms with van der Waals surface area (Å²) in [6.45, 7) is 2.16. The molecule has 1 rings (SSSR count). The van der Waals surface area contributed by atoms with Crippen LogP contribution in [-0.2, 0) is 0 Å². The van der Waals surface area contributed by atoms with E-state index in [2.05, 4.69) is 25.5 Å². The number of hydrogen-bond donors (Lipinski definition) is 0. The first-order valence-electron chi connectivity index (χ1n) is 3.72. The second kappa shape index (κ2) is 4.10. The molecule has 0 aliphatic rings. The van der Waals surface area contributed by atoms with Crippen LogP contribution in [0.15, 0.2) is 30.3 Å². The molecule has 0 fully saturated rings. The molecule has 0 aliphatic heterocycles. The van der Waals surface area contributed by atoms with Crippen LogP contribution in [0.3, 0.4) is 0 Å². The van der Waals surface area contributed by atoms with E-state index in [1.807, 2.05) is 18.2 Å². The van der Waals surface area contributed by atoms with Crippen molar-refractivity contribution in [1.29, 1.82) is 0 Å². The molecule has 1 aromatic carbocycles. The van der Waals surface area contributed by atoms with E-state index in [0.717, 1.165) is 6.42 Å². The van der Waals surface area contributed by atoms with E-state index in [1.54, 1.807) is 0 Å². The fourth-order valence-corrected chi connectivity index (χ4v) is 0.825. The van der Waals surface area contributed by atoms with Crippen LogP contribution >= 0.6 is 0 Å². The highest BCUT2D eigenvalue weighted by Gasteiger charge is 1.88. The fourth-order valence-electron chi connectivity index (χ4n) is 0.825. The Morgan fingerprint density at radius 1 is 1.20 bits per heavy atom. The standard InChI is InChI=1S/C10H12/c1-2-3-7-10-8-5-4-6-9-10/h4-6,8-9H,2-3H2,1H3. The first kappa shape index (κ1) is 7.33. The third kappa shape index (κ3) is 2.22. The molecule has 0 aliphatic carbocycles. The Morgan fingerprint density at radius 3 is 2.50 bits per heavy atom. The first-order chi connectivity index (χ1) is 4.93. The molecule has 0 atom stereocenters. The highest BCUT2D eigenvalue weighted by atomic mass is 13.9. The monoisotopic (exact) mass is 132 g/mol. The minimum atomic E-state index is 1.06. The van der Waals surface area contributed by atoms with Crippen LogP contribution in [0, 0.1) is 6.42 Å². The Hall–Kier alpha value is -0.780. The van der Waals surface area contributed by atoms with Gasteiger partial charge in [-0.1, -0.05) is 43.7 Å². The largest absolute Gasteiger partial charge is 0.0653 e. The van der Waals surface area contributed by atoms with Crippen LogP contribution in [0.2, 0.25) is 0 Å². The Labute approximate surface area is 62.9 Å². The lowest BCUT2D eigenvalue weighted by molar-refractivity contribution is 0.914. The minimum Gasteiger partial charge on any atom is -0.0653 e. The summed E-state index contributed by atoms with van der Waals surface area (Å²) in [7, 11) is 0. The minimum absolute atomic E-state index is 1.06. The Bertz CT molecular complexity index is 165. The van der Waals surface area contributed by atoms with Gasteiger partial charge >= 0.3 is 0 Å². The zero-order valence-corrected chi connectivity index (χ0v) is 6.30. The Balaban J connectivity index is 2.43. The molecular formula is C10H12. The lowest BCUT2D eigenvalue weighted by atomic mass is 10.1. The SMILES string of the molecule is CCC[C]c1ccccc1. The number of hydrogen-bond acceptors (Lipinski definition) is 0. The lowest BCUT2D eigenvalue weighted by Gasteiger charge is -1.95. The van der Waals surface area contributed by atoms with Crippen molar-refractivity contribution in [2.45, 2.75) is 19.8 Å². The van der Waals surface area contributed by atoms with Gasteiger partial charge in [0.25, 0.3) is 0 Å². The van der Waals surface area contributed by atoms with E-state index in [1.165, 1.54) is 12.0 Å². The van der Waals surface area contributed by atoms with Gasteiger partial charge in [-0.25, -0.2) is 0 Å². The molecule has 0 heterocycles. The number of rotatable bonds is 3. The summed E-state index contributed by atoms with van der Waals surface area (Å²) in [4.78, 5) is 0. The molecule has 0 saturated heterocycles. The maximum Gasteiger partial charge on any atom is 0.0164 e. The Morgan fingerprint density at radius 2 is 1.90 bits per heavy atom. The van der Waals surface area contributed by atoms with Gasteiger partial charge in [0.1, 0.15) is 0 Å². The third-order valence-corrected chi connectivity index (χ3v) is 1.35. The van der Waals surface area contributed by atoms with Crippen LogP contribution in [0.25, 0.3) is 0 Å². The molecule has 0 saturated carbocycles. The highest BCUT2D eigenvalue weighted by Crippen LogP contribution is 2.05. The zero-order valence-electron chi connectivity index (χ0n) is 6.30. The fraction of sp³-hybridized carbons (Fsp3) is 0.300. The molecule has 0 bridgehead atoms. The summed E-state index contributed by atoms with van der Waals surface area (Å²) in [6.07, 6.45) is 5.53. The quantitative estimate of drug-likeness (QED) is 0.593. The van der Waals surface area contributed by atoms with Crippen LogP contribution in [0.1, 0.15) is 25.3 Å². The number of unbranched alkanes of at least 4 members (excludes halogenated alkanes) is 1. The van der Waals surface area contributed by atoms with E-state index < -0.39 is 0 Å². The van der Waals surface area contributed by atoms with Gasteiger partial charge in [0, 0.05) is 6.42 Å². The maximum atomic E-state index is 3.29. The summed E-state index contributed by atoms with van der Waals surface area (Å²) in [5, 5.41) is 0. The summed E-state index contributed by atoms with van der Waals surface area (Å²) < 4.78 is 0. The van der Waals surface area contributed by atoms with Crippen LogP contribution in [-0.4, -0.2) is 0 Å². The summed E-state index contributed by atoms with van der Waals surface area (Å²) in [5.74, 6) is 0. The third-order valence-electron chi connectivity index (χ3n) is 1.35. The van der Waals surface area contributed by atoms with Crippen molar-refractivity contribution in [2.24, 2.45) is 0 Å². The van der Waals surface area contributed by atoms with Crippen molar-refractivity contribution < 1.29 is 0 Å². The van der Waals surface area contributed by atoms with Crippen molar-refractivity contribution in [3.8, 4) is 0 Å². The molecule has 0 amide bonds. The summed E-state index contributed by atoms with van der Waals surface area (Å²) in [6, 6.07) is 10.3. The molecule has 0 spiro atoms. The Kier molecular flexibility index (Phi) is 3.01. The van der Waals surface area contributed by atoms with Crippen LogP contribution in [0.5, 0.6) is 0 Å². The average molecular weight is 132 g/mol. The van der Waals surface area contributed by atoms with Crippen molar-refractivity contribution in [2.75, 3.05) is 0 Å². The van der Waals surface area contributed by atoms with Gasteiger partial charge in [-0.05, 0) is 12.0 Å². The van der Waals surface area contributed by atoms with Crippen molar-refractivity contribution >= 4 is 0 Å². The first-order valence-corrected chi connectivity index (χ1v) is 3.72. The van der Waals surface area contributed by atoms with Gasteiger partial charge in [-0.3, -0.25) is 0 Å². The molecule has 2 radical (unpaired) electrons. The topological polar surface area (TPSA) is 0 Å². The predicted molar refractivity (Wildman–Crippen MR) is 43.7 cm³/mol. The van der Waals surface area contributed by atoms with Gasteiger partial charge in [-0.2, -0.15) is 0 Å². The molecule has 52 valence electrons. The molecule has 0 aromatic heterocycles. The van der Waals surface area contributed by atoms with E-state index in [9.17, 15) is 0 Å². The van der Waals surface area contributed by atoms with E-state index in [0.29, 0.717) is 0 Å². The van der Waals surface area contributed by atoms with E-state index in [-0.39, 0.29) is 0 Å². The molecule has 0 heteroatoms. The normalized spacial score (nSPS) is 9.70. The smallest absolute Gasteiger partial charge is 0.0164 e. The summed E-state index contributed by atoms with van der Waals surface area (Å²) in [5.41, 5.74) is 1.21. The summed E-state index contributed by atoms with van der Waals surface area (Å²) >= 11 is 0. The maximum absolute atomic E-state index is 3.29. The van der Waals surface area contributed by atoms with Crippen LogP contribution in [0.4, 0.5) is 0 Å². The van der Waals surface area contributed by atoms with Gasteiger partial charge in [-0.15, -0.1) is 0 Å². The van der Waals surface area contributed by atoms with Crippen molar-refractivity contribution in [3.63, 3.8) is 0 Å². The molecule has 0 nitrogen and oxygen atoms in total. The van der Waals surface area contributed by atoms with E-state index in [4.69, 9.17) is 0 Å². The van der Waals surface area contributed by atoms with Crippen molar-refractivity contribution in [1.82, 2.24) is 0 Å². The van der Waals surface area contributed by atoms with Gasteiger partial charge in [0.2, 0.25) is 0 Å². The second-order valence-corrected chi connectivity index (χ2v) is 2.29. The zero-order chi connectivity index (χ0) is 7.23. The van der Waals surface area contributed by atoms with Crippen molar-refractivity contribution in [3.05, 3.63) is 42.3 Å². The molecule has 0 unspecified atom stereocenters. The lowest BCUT2D eigenvalue weighted by Crippen LogP contribution is -1.78. The average Bonchev–Trinajstić information content (AvgIpc) is 2.03. The highest BCUT2D eigenvalue weighted by molar-refractivity contribution is 5.21. The molecule has 1 aromatic rings. The molecule has 0 N–H and O–H groups in total. The molecular weight excluding hydrogens is 120 g/mol. The van der Waals surface area contributed by atoms with Gasteiger partial charge in [0.15, 0.2) is 0 Å². The van der Waals surface area contributed by atoms with E-state index >= 15 is 0 Å². The van der Waals surface area contributed by atoms with Gasteiger partial charge in [0.05, 0.1) is 0 Å². The van der Waals surface area contributed by atoms with Gasteiger partial charge < -0.3 is 0 Å². The van der Waals surface area contributed by atoms with Crippen LogP contribution < -0.4 is 0 Å². The predicted octanol–water partition coefficient (Wildman–Crippen LogP) is 2.92. The number of benzene rings is 1.